The van der Waals surface area contributed by atoms with Crippen molar-refractivity contribution in [2.45, 2.75) is 6.54 Å². The second kappa shape index (κ2) is 5.43. The zero-order valence-electron chi connectivity index (χ0n) is 10.5. The van der Waals surface area contributed by atoms with E-state index in [1.165, 1.54) is 6.07 Å². The number of hydrogen-bond acceptors (Lipinski definition) is 3. The van der Waals surface area contributed by atoms with Crippen molar-refractivity contribution in [1.82, 2.24) is 10.2 Å². The van der Waals surface area contributed by atoms with Crippen LogP contribution in [0.15, 0.2) is 48.7 Å². The highest BCUT2D eigenvalue weighted by molar-refractivity contribution is 6.30. The van der Waals surface area contributed by atoms with E-state index in [9.17, 15) is 4.39 Å². The van der Waals surface area contributed by atoms with Gasteiger partial charge >= 0.3 is 0 Å². The maximum atomic E-state index is 13.1. The van der Waals surface area contributed by atoms with E-state index in [0.717, 1.165) is 16.3 Å². The Labute approximate surface area is 120 Å². The van der Waals surface area contributed by atoms with Crippen molar-refractivity contribution < 1.29 is 4.39 Å². The normalized spacial score (nSPS) is 10.7. The number of anilines is 1. The topological polar surface area (TPSA) is 37.8 Å². The highest BCUT2D eigenvalue weighted by Crippen LogP contribution is 2.21. The molecule has 0 spiro atoms. The minimum atomic E-state index is -0.416. The molecule has 3 nitrogen and oxygen atoms in total. The second-order valence-corrected chi connectivity index (χ2v) is 4.79. The molecule has 1 N–H and O–H groups in total. The van der Waals surface area contributed by atoms with Crippen molar-refractivity contribution in [3.05, 3.63) is 65.1 Å². The Morgan fingerprint density at radius 3 is 2.85 bits per heavy atom. The van der Waals surface area contributed by atoms with Crippen molar-refractivity contribution in [3.8, 4) is 0 Å². The van der Waals surface area contributed by atoms with Crippen LogP contribution in [0.2, 0.25) is 5.02 Å². The fraction of sp³-hybridized carbons (Fsp3) is 0.0667. The van der Waals surface area contributed by atoms with Gasteiger partial charge in [-0.05, 0) is 17.7 Å². The van der Waals surface area contributed by atoms with E-state index in [0.29, 0.717) is 12.4 Å². The molecule has 0 fully saturated rings. The van der Waals surface area contributed by atoms with Crippen molar-refractivity contribution in [3.63, 3.8) is 0 Å². The van der Waals surface area contributed by atoms with Crippen LogP contribution in [0.25, 0.3) is 10.8 Å². The molecule has 0 aliphatic rings. The molecule has 0 aliphatic heterocycles. The van der Waals surface area contributed by atoms with Crippen LogP contribution in [-0.2, 0) is 6.54 Å². The summed E-state index contributed by atoms with van der Waals surface area (Å²) in [4.78, 5) is 0. The van der Waals surface area contributed by atoms with Crippen LogP contribution in [-0.4, -0.2) is 10.2 Å². The average Bonchev–Trinajstić information content (AvgIpc) is 2.48. The Morgan fingerprint density at radius 2 is 2.00 bits per heavy atom. The third kappa shape index (κ3) is 2.56. The summed E-state index contributed by atoms with van der Waals surface area (Å²) in [6.07, 6.45) is 1.72. The monoisotopic (exact) mass is 287 g/mol. The van der Waals surface area contributed by atoms with E-state index in [-0.39, 0.29) is 5.02 Å². The molecule has 0 radical (unpaired) electrons. The minimum Gasteiger partial charge on any atom is -0.364 e. The van der Waals surface area contributed by atoms with Crippen LogP contribution in [0.1, 0.15) is 5.56 Å². The maximum Gasteiger partial charge on any atom is 0.156 e. The van der Waals surface area contributed by atoms with Gasteiger partial charge < -0.3 is 5.32 Å². The molecule has 0 aliphatic carbocycles. The molecule has 1 aromatic heterocycles. The van der Waals surface area contributed by atoms with Crippen molar-refractivity contribution in [2.75, 3.05) is 5.32 Å². The number of aromatic nitrogens is 2. The van der Waals surface area contributed by atoms with E-state index in [1.807, 2.05) is 24.3 Å². The van der Waals surface area contributed by atoms with Gasteiger partial charge in [-0.3, -0.25) is 0 Å². The van der Waals surface area contributed by atoms with Crippen LogP contribution >= 0.6 is 11.6 Å². The molecule has 0 bridgehead atoms. The lowest BCUT2D eigenvalue weighted by Crippen LogP contribution is -2.03. The van der Waals surface area contributed by atoms with Crippen LogP contribution in [0.5, 0.6) is 0 Å². The molecule has 1 heterocycles. The van der Waals surface area contributed by atoms with Crippen LogP contribution in [0, 0.1) is 5.82 Å². The van der Waals surface area contributed by atoms with Crippen LogP contribution in [0.4, 0.5) is 10.2 Å². The van der Waals surface area contributed by atoms with E-state index >= 15 is 0 Å². The first-order valence-corrected chi connectivity index (χ1v) is 6.50. The van der Waals surface area contributed by atoms with Crippen LogP contribution < -0.4 is 5.32 Å². The molecule has 0 unspecified atom stereocenters. The van der Waals surface area contributed by atoms with Gasteiger partial charge in [0.25, 0.3) is 0 Å². The summed E-state index contributed by atoms with van der Waals surface area (Å²) in [6, 6.07) is 12.5. The van der Waals surface area contributed by atoms with Crippen molar-refractivity contribution >= 4 is 28.2 Å². The highest BCUT2D eigenvalue weighted by atomic mass is 35.5. The number of fused-ring (bicyclic) bond motifs is 1. The predicted octanol–water partition coefficient (Wildman–Crippen LogP) is 4.03. The van der Waals surface area contributed by atoms with Gasteiger partial charge in [-0.25, -0.2) is 4.39 Å². The van der Waals surface area contributed by atoms with Crippen molar-refractivity contribution in [2.24, 2.45) is 0 Å². The molecule has 0 saturated carbocycles. The smallest absolute Gasteiger partial charge is 0.156 e. The van der Waals surface area contributed by atoms with E-state index in [2.05, 4.69) is 15.5 Å². The van der Waals surface area contributed by atoms with Gasteiger partial charge in [0.1, 0.15) is 5.82 Å². The minimum absolute atomic E-state index is 0.119. The Bertz CT molecular complexity index is 756. The van der Waals surface area contributed by atoms with Gasteiger partial charge in [0.2, 0.25) is 0 Å². The van der Waals surface area contributed by atoms with Gasteiger partial charge in [0, 0.05) is 17.3 Å². The Kier molecular flexibility index (Phi) is 3.48. The van der Waals surface area contributed by atoms with Gasteiger partial charge in [-0.15, -0.1) is 5.10 Å². The molecular formula is C15H11ClFN3. The number of benzene rings is 2. The van der Waals surface area contributed by atoms with Crippen LogP contribution in [0.3, 0.4) is 0 Å². The van der Waals surface area contributed by atoms with E-state index in [4.69, 9.17) is 11.6 Å². The zero-order valence-corrected chi connectivity index (χ0v) is 11.2. The summed E-state index contributed by atoms with van der Waals surface area (Å²) in [7, 11) is 0. The zero-order chi connectivity index (χ0) is 13.9. The summed E-state index contributed by atoms with van der Waals surface area (Å²) >= 11 is 5.76. The first-order chi connectivity index (χ1) is 9.74. The Balaban J connectivity index is 1.85. The quantitative estimate of drug-likeness (QED) is 0.790. The first-order valence-electron chi connectivity index (χ1n) is 6.12. The molecule has 20 heavy (non-hydrogen) atoms. The molecule has 0 amide bonds. The van der Waals surface area contributed by atoms with Crippen molar-refractivity contribution in [1.29, 1.82) is 0 Å². The predicted molar refractivity (Wildman–Crippen MR) is 78.3 cm³/mol. The molecular weight excluding hydrogens is 277 g/mol. The highest BCUT2D eigenvalue weighted by Gasteiger charge is 2.04. The fourth-order valence-corrected chi connectivity index (χ4v) is 2.20. The fourth-order valence-electron chi connectivity index (χ4n) is 1.99. The van der Waals surface area contributed by atoms with Gasteiger partial charge in [0.05, 0.1) is 11.2 Å². The molecule has 0 saturated heterocycles. The number of hydrogen-bond donors (Lipinski definition) is 1. The number of rotatable bonds is 3. The summed E-state index contributed by atoms with van der Waals surface area (Å²) in [5.41, 5.74) is 0.881. The number of nitrogens with zero attached hydrogens (tertiary/aromatic N) is 2. The standard InChI is InChI=1S/C15H11ClFN3/c16-13-7-10(5-6-14(13)17)8-18-15-12-4-2-1-3-11(12)9-19-20-15/h1-7,9H,8H2,(H,18,20). The number of nitrogens with one attached hydrogen (secondary N) is 1. The Hall–Kier alpha value is -2.20. The summed E-state index contributed by atoms with van der Waals surface area (Å²) < 4.78 is 13.1. The maximum absolute atomic E-state index is 13.1. The molecule has 5 heteroatoms. The average molecular weight is 288 g/mol. The Morgan fingerprint density at radius 1 is 1.15 bits per heavy atom. The molecule has 100 valence electrons. The SMILES string of the molecule is Fc1ccc(CNc2nncc3ccccc23)cc1Cl. The van der Waals surface area contributed by atoms with Gasteiger partial charge in [0.15, 0.2) is 5.82 Å². The molecule has 0 atom stereocenters. The molecule has 3 aromatic rings. The lowest BCUT2D eigenvalue weighted by molar-refractivity contribution is 0.627. The second-order valence-electron chi connectivity index (χ2n) is 4.38. The third-order valence-electron chi connectivity index (χ3n) is 3.01. The molecule has 3 rings (SSSR count). The van der Waals surface area contributed by atoms with Gasteiger partial charge in [-0.1, -0.05) is 41.9 Å². The lowest BCUT2D eigenvalue weighted by Gasteiger charge is -2.08. The largest absolute Gasteiger partial charge is 0.364 e. The third-order valence-corrected chi connectivity index (χ3v) is 3.30. The summed E-state index contributed by atoms with van der Waals surface area (Å²) in [5, 5.41) is 13.4. The molecule has 2 aromatic carbocycles. The van der Waals surface area contributed by atoms with E-state index in [1.54, 1.807) is 18.3 Å². The lowest BCUT2D eigenvalue weighted by atomic mass is 10.2. The number of halogens is 2. The summed E-state index contributed by atoms with van der Waals surface area (Å²) in [5.74, 6) is 0.281. The van der Waals surface area contributed by atoms with E-state index < -0.39 is 5.82 Å². The van der Waals surface area contributed by atoms with Gasteiger partial charge in [-0.2, -0.15) is 5.10 Å². The summed E-state index contributed by atoms with van der Waals surface area (Å²) in [6.45, 7) is 0.503. The first kappa shape index (κ1) is 12.8.